The lowest BCUT2D eigenvalue weighted by Crippen LogP contribution is -2.51. The van der Waals surface area contributed by atoms with Gasteiger partial charge in [0.25, 0.3) is 0 Å². The summed E-state index contributed by atoms with van der Waals surface area (Å²) in [6.45, 7) is 5.39. The Labute approximate surface area is 113 Å². The second kappa shape index (κ2) is 4.67. The average Bonchev–Trinajstić information content (AvgIpc) is 2.42. The van der Waals surface area contributed by atoms with Crippen molar-refractivity contribution >= 4 is 12.1 Å². The van der Waals surface area contributed by atoms with Crippen LogP contribution in [0.3, 0.4) is 0 Å². The molecule has 108 valence electrons. The molecule has 1 saturated carbocycles. The van der Waals surface area contributed by atoms with Crippen LogP contribution in [0.1, 0.15) is 33.6 Å². The highest BCUT2D eigenvalue weighted by Gasteiger charge is 2.57. The Bertz CT molecular complexity index is 391. The minimum atomic E-state index is -0.725. The van der Waals surface area contributed by atoms with E-state index in [-0.39, 0.29) is 18.0 Å². The third kappa shape index (κ3) is 2.41. The van der Waals surface area contributed by atoms with Crippen LogP contribution >= 0.6 is 0 Å². The molecular weight excluding hydrogens is 248 g/mol. The number of likely N-dealkylation sites (tertiary alicyclic amines) is 1. The van der Waals surface area contributed by atoms with Gasteiger partial charge in [-0.2, -0.15) is 0 Å². The molecule has 2 rings (SSSR count). The highest BCUT2D eigenvalue weighted by molar-refractivity contribution is 5.83. The Kier molecular flexibility index (Phi) is 3.47. The molecule has 0 spiro atoms. The molecule has 1 aliphatic carbocycles. The number of nitrogens with zero attached hydrogens (tertiary/aromatic N) is 1. The van der Waals surface area contributed by atoms with Crippen LogP contribution in [0.2, 0.25) is 0 Å². The molecule has 0 radical (unpaired) electrons. The number of hydrogen-bond donors (Lipinski definition) is 1. The number of hydrogen-bond acceptors (Lipinski definition) is 5. The molecule has 0 aromatic carbocycles. The number of amides is 1. The van der Waals surface area contributed by atoms with Crippen molar-refractivity contribution in [3.05, 3.63) is 0 Å². The molecule has 1 amide bonds. The summed E-state index contributed by atoms with van der Waals surface area (Å²) >= 11 is 0. The maximum absolute atomic E-state index is 12.3. The first kappa shape index (κ1) is 14.1. The van der Waals surface area contributed by atoms with Gasteiger partial charge in [-0.15, -0.1) is 0 Å². The highest BCUT2D eigenvalue weighted by Crippen LogP contribution is 2.43. The van der Waals surface area contributed by atoms with Crippen LogP contribution in [0.5, 0.6) is 0 Å². The van der Waals surface area contributed by atoms with Gasteiger partial charge in [-0.05, 0) is 39.5 Å². The Balaban J connectivity index is 2.20. The summed E-state index contributed by atoms with van der Waals surface area (Å²) in [7, 11) is 1.31. The number of methoxy groups -OCH3 is 1. The van der Waals surface area contributed by atoms with E-state index >= 15 is 0 Å². The van der Waals surface area contributed by atoms with Crippen LogP contribution < -0.4 is 5.73 Å². The van der Waals surface area contributed by atoms with Gasteiger partial charge in [-0.25, -0.2) is 9.59 Å². The second-order valence-corrected chi connectivity index (χ2v) is 6.24. The van der Waals surface area contributed by atoms with E-state index in [0.717, 1.165) is 12.8 Å². The van der Waals surface area contributed by atoms with E-state index in [0.29, 0.717) is 0 Å². The monoisotopic (exact) mass is 270 g/mol. The quantitative estimate of drug-likeness (QED) is 0.715. The van der Waals surface area contributed by atoms with Crippen molar-refractivity contribution < 1.29 is 19.1 Å². The van der Waals surface area contributed by atoms with E-state index < -0.39 is 23.7 Å². The third-order valence-electron chi connectivity index (χ3n) is 3.85. The number of carbonyl (C=O) groups excluding carboxylic acids is 2. The van der Waals surface area contributed by atoms with Crippen molar-refractivity contribution in [3.63, 3.8) is 0 Å². The third-order valence-corrected chi connectivity index (χ3v) is 3.85. The first-order chi connectivity index (χ1) is 8.76. The molecule has 0 bridgehead atoms. The lowest BCUT2D eigenvalue weighted by atomic mass is 9.77. The first-order valence-electron chi connectivity index (χ1n) is 6.61. The molecule has 6 heteroatoms. The minimum absolute atomic E-state index is 0.00829. The summed E-state index contributed by atoms with van der Waals surface area (Å²) in [4.78, 5) is 25.6. The van der Waals surface area contributed by atoms with Gasteiger partial charge in [0, 0.05) is 12.1 Å². The van der Waals surface area contributed by atoms with Crippen LogP contribution in [-0.2, 0) is 14.3 Å². The molecule has 2 N–H and O–H groups in total. The fourth-order valence-electron chi connectivity index (χ4n) is 2.88. The molecule has 19 heavy (non-hydrogen) atoms. The summed E-state index contributed by atoms with van der Waals surface area (Å²) in [5.74, 6) is -0.288. The lowest BCUT2D eigenvalue weighted by molar-refractivity contribution is -0.146. The topological polar surface area (TPSA) is 81.9 Å². The van der Waals surface area contributed by atoms with Crippen LogP contribution in [0.15, 0.2) is 0 Å². The zero-order valence-electron chi connectivity index (χ0n) is 11.9. The molecule has 2 aliphatic rings. The van der Waals surface area contributed by atoms with Crippen molar-refractivity contribution in [2.24, 2.45) is 11.7 Å². The number of nitrogens with two attached hydrogens (primary N) is 1. The fraction of sp³-hybridized carbons (Fsp3) is 0.846. The fourth-order valence-corrected chi connectivity index (χ4v) is 2.88. The van der Waals surface area contributed by atoms with Gasteiger partial charge in [0.05, 0.1) is 7.11 Å². The van der Waals surface area contributed by atoms with E-state index in [2.05, 4.69) is 0 Å². The molecule has 0 unspecified atom stereocenters. The van der Waals surface area contributed by atoms with E-state index in [9.17, 15) is 9.59 Å². The molecule has 0 aromatic rings. The summed E-state index contributed by atoms with van der Waals surface area (Å²) in [5.41, 5.74) is 5.49. The summed E-state index contributed by atoms with van der Waals surface area (Å²) in [6, 6.07) is -1.08. The molecule has 1 saturated heterocycles. The van der Waals surface area contributed by atoms with Crippen molar-refractivity contribution in [1.82, 2.24) is 4.90 Å². The maximum Gasteiger partial charge on any atom is 0.411 e. The van der Waals surface area contributed by atoms with E-state index in [1.165, 1.54) is 12.0 Å². The van der Waals surface area contributed by atoms with E-state index in [1.54, 1.807) is 20.8 Å². The van der Waals surface area contributed by atoms with Crippen molar-refractivity contribution in [1.29, 1.82) is 0 Å². The Morgan fingerprint density at radius 3 is 2.32 bits per heavy atom. The number of fused-ring (bicyclic) bond motifs is 1. The van der Waals surface area contributed by atoms with Crippen LogP contribution in [0, 0.1) is 5.92 Å². The maximum atomic E-state index is 12.3. The highest BCUT2D eigenvalue weighted by atomic mass is 16.6. The van der Waals surface area contributed by atoms with Crippen LogP contribution in [0.4, 0.5) is 4.79 Å². The van der Waals surface area contributed by atoms with Gasteiger partial charge in [-0.1, -0.05) is 0 Å². The van der Waals surface area contributed by atoms with Gasteiger partial charge in [0.1, 0.15) is 11.6 Å². The predicted molar refractivity (Wildman–Crippen MR) is 68.4 cm³/mol. The largest absolute Gasteiger partial charge is 0.467 e. The van der Waals surface area contributed by atoms with Crippen molar-refractivity contribution in [3.8, 4) is 0 Å². The van der Waals surface area contributed by atoms with Gasteiger partial charge in [0.15, 0.2) is 0 Å². The average molecular weight is 270 g/mol. The molecular formula is C13H22N2O4. The SMILES string of the molecule is COC(=O)[C@@H]1[C@@H](N)[C@H]2CC[C@H]2N1C(=O)OC(C)(C)C. The molecule has 4 atom stereocenters. The van der Waals surface area contributed by atoms with Crippen LogP contribution in [-0.4, -0.2) is 47.8 Å². The van der Waals surface area contributed by atoms with E-state index in [1.807, 2.05) is 0 Å². The first-order valence-corrected chi connectivity index (χ1v) is 6.61. The minimum Gasteiger partial charge on any atom is -0.467 e. The predicted octanol–water partition coefficient (Wildman–Crippen LogP) is 0.885. The Morgan fingerprint density at radius 1 is 1.26 bits per heavy atom. The summed E-state index contributed by atoms with van der Waals surface area (Å²) in [6.07, 6.45) is 1.33. The summed E-state index contributed by atoms with van der Waals surface area (Å²) < 4.78 is 10.1. The van der Waals surface area contributed by atoms with Gasteiger partial charge in [0.2, 0.25) is 0 Å². The number of esters is 1. The second-order valence-electron chi connectivity index (χ2n) is 6.24. The Hall–Kier alpha value is -1.30. The number of carbonyl (C=O) groups is 2. The molecule has 0 aromatic heterocycles. The molecule has 1 heterocycles. The van der Waals surface area contributed by atoms with Crippen molar-refractivity contribution in [2.75, 3.05) is 7.11 Å². The molecule has 6 nitrogen and oxygen atoms in total. The number of ether oxygens (including phenoxy) is 2. The van der Waals surface area contributed by atoms with Crippen LogP contribution in [0.25, 0.3) is 0 Å². The Morgan fingerprint density at radius 2 is 1.89 bits per heavy atom. The zero-order valence-corrected chi connectivity index (χ0v) is 11.9. The smallest absolute Gasteiger partial charge is 0.411 e. The number of rotatable bonds is 1. The zero-order chi connectivity index (χ0) is 14.4. The van der Waals surface area contributed by atoms with Crippen molar-refractivity contribution in [2.45, 2.75) is 57.3 Å². The normalized spacial score (nSPS) is 33.4. The lowest BCUT2D eigenvalue weighted by Gasteiger charge is -2.37. The summed E-state index contributed by atoms with van der Waals surface area (Å²) in [5, 5.41) is 0. The van der Waals surface area contributed by atoms with Gasteiger partial charge < -0.3 is 15.2 Å². The molecule has 1 aliphatic heterocycles. The van der Waals surface area contributed by atoms with Gasteiger partial charge in [-0.3, -0.25) is 4.90 Å². The van der Waals surface area contributed by atoms with Gasteiger partial charge >= 0.3 is 12.1 Å². The standard InChI is InChI=1S/C13H22N2O4/c1-13(2,3)19-12(17)15-8-6-5-7(8)9(14)10(15)11(16)18-4/h7-10H,5-6,14H2,1-4H3/t7-,8+,9-,10-/m0/s1. The van der Waals surface area contributed by atoms with E-state index in [4.69, 9.17) is 15.2 Å². The molecule has 2 fully saturated rings.